The van der Waals surface area contributed by atoms with Crippen LogP contribution in [0.2, 0.25) is 0 Å². The van der Waals surface area contributed by atoms with Crippen LogP contribution in [0.4, 0.5) is 0 Å². The van der Waals surface area contributed by atoms with E-state index < -0.39 is 197 Å². The predicted molar refractivity (Wildman–Crippen MR) is 281 cm³/mol. The van der Waals surface area contributed by atoms with Crippen molar-refractivity contribution in [3.05, 3.63) is 11.6 Å². The van der Waals surface area contributed by atoms with E-state index in [2.05, 4.69) is 26.8 Å². The van der Waals surface area contributed by atoms with E-state index in [0.717, 1.165) is 25.7 Å². The second-order valence-electron chi connectivity index (χ2n) is 27.0. The van der Waals surface area contributed by atoms with Crippen LogP contribution >= 0.6 is 0 Å². The van der Waals surface area contributed by atoms with Gasteiger partial charge in [-0.3, -0.25) is 0 Å². The maximum atomic E-state index is 12.0. The van der Waals surface area contributed by atoms with Crippen molar-refractivity contribution in [2.45, 2.75) is 270 Å². The quantitative estimate of drug-likeness (QED) is 0.0683. The van der Waals surface area contributed by atoms with Gasteiger partial charge in [-0.2, -0.15) is 0 Å². The Kier molecular flexibility index (Phi) is 19.1. The fourth-order valence-electron chi connectivity index (χ4n) is 17.0. The minimum Gasteiger partial charge on any atom is -0.394 e. The summed E-state index contributed by atoms with van der Waals surface area (Å²) in [5.74, 6) is 0.444. The molecule has 11 aliphatic rings. The largest absolute Gasteiger partial charge is 0.394 e. The van der Waals surface area contributed by atoms with E-state index in [1.165, 1.54) is 12.5 Å². The van der Waals surface area contributed by atoms with Crippen LogP contribution in [0.15, 0.2) is 11.6 Å². The Morgan fingerprint density at radius 2 is 1.08 bits per heavy atom. The molecule has 488 valence electrons. The lowest BCUT2D eigenvalue weighted by Crippen LogP contribution is -2.67. The number of hydrogen-bond acceptors (Lipinski definition) is 28. The first-order chi connectivity index (χ1) is 40.2. The van der Waals surface area contributed by atoms with Crippen LogP contribution in [-0.2, 0) is 56.8 Å². The molecular formula is C57H92O28. The number of hydrogen-bond donors (Lipinski definition) is 16. The Hall–Kier alpha value is -1.38. The van der Waals surface area contributed by atoms with Gasteiger partial charge in [-0.1, -0.05) is 32.4 Å². The molecule has 0 unspecified atom stereocenters. The summed E-state index contributed by atoms with van der Waals surface area (Å²) in [5, 5.41) is 171. The van der Waals surface area contributed by atoms with E-state index in [0.29, 0.717) is 49.9 Å². The van der Waals surface area contributed by atoms with E-state index in [1.807, 2.05) is 6.92 Å². The van der Waals surface area contributed by atoms with E-state index in [-0.39, 0.29) is 35.4 Å². The second-order valence-corrected chi connectivity index (χ2v) is 27.0. The summed E-state index contributed by atoms with van der Waals surface area (Å²) in [6.45, 7) is 7.59. The van der Waals surface area contributed by atoms with Crippen molar-refractivity contribution in [3.63, 3.8) is 0 Å². The average molecular weight is 1230 g/mol. The first kappa shape index (κ1) is 65.1. The Morgan fingerprint density at radius 1 is 0.518 bits per heavy atom. The zero-order valence-electron chi connectivity index (χ0n) is 48.5. The molecule has 36 atom stereocenters. The fraction of sp³-hybridized carbons (Fsp3) is 0.965. The molecule has 28 heteroatoms. The summed E-state index contributed by atoms with van der Waals surface area (Å²) in [7, 11) is 0. The Labute approximate surface area is 491 Å². The number of allylic oxidation sites excluding steroid dienone is 1. The minimum absolute atomic E-state index is 0.0159. The van der Waals surface area contributed by atoms with Gasteiger partial charge < -0.3 is 139 Å². The number of aliphatic hydroxyl groups excluding tert-OH is 16. The molecule has 0 aromatic rings. The van der Waals surface area contributed by atoms with Crippen LogP contribution < -0.4 is 0 Å². The third-order valence-corrected chi connectivity index (χ3v) is 22.0. The highest BCUT2D eigenvalue weighted by molar-refractivity contribution is 5.27. The lowest BCUT2D eigenvalue weighted by Gasteiger charge is -2.58. The molecule has 7 saturated heterocycles. The third-order valence-electron chi connectivity index (χ3n) is 22.0. The molecule has 7 aliphatic heterocycles. The lowest BCUT2D eigenvalue weighted by atomic mass is 9.47. The zero-order valence-corrected chi connectivity index (χ0v) is 48.5. The van der Waals surface area contributed by atoms with Gasteiger partial charge in [0.2, 0.25) is 0 Å². The summed E-state index contributed by atoms with van der Waals surface area (Å²) in [4.78, 5) is 0. The highest BCUT2D eigenvalue weighted by atomic mass is 16.8. The number of rotatable bonds is 15. The van der Waals surface area contributed by atoms with Gasteiger partial charge in [-0.05, 0) is 99.7 Å². The summed E-state index contributed by atoms with van der Waals surface area (Å²) in [6, 6.07) is 0. The van der Waals surface area contributed by atoms with Gasteiger partial charge >= 0.3 is 0 Å². The number of ether oxygens (including phenoxy) is 12. The van der Waals surface area contributed by atoms with Gasteiger partial charge in [0, 0.05) is 12.3 Å². The van der Waals surface area contributed by atoms with Crippen molar-refractivity contribution in [2.75, 3.05) is 33.0 Å². The topological polar surface area (TPSA) is 434 Å². The summed E-state index contributed by atoms with van der Waals surface area (Å²) in [6.07, 6.45) is -32.2. The Morgan fingerprint density at radius 3 is 1.74 bits per heavy atom. The van der Waals surface area contributed by atoms with Gasteiger partial charge in [-0.25, -0.2) is 0 Å². The molecule has 0 aromatic carbocycles. The minimum atomic E-state index is -2.01. The number of aliphatic hydroxyl groups is 16. The molecule has 0 aromatic heterocycles. The average Bonchev–Trinajstić information content (AvgIpc) is 1.57. The molecule has 3 saturated carbocycles. The monoisotopic (exact) mass is 1220 g/mol. The van der Waals surface area contributed by atoms with Crippen LogP contribution in [0, 0.1) is 40.4 Å². The van der Waals surface area contributed by atoms with Crippen LogP contribution in [0.1, 0.15) is 92.4 Å². The number of fused-ring (bicyclic) bond motifs is 7. The predicted octanol–water partition coefficient (Wildman–Crippen LogP) is -5.02. The van der Waals surface area contributed by atoms with Gasteiger partial charge in [0.15, 0.2) is 37.2 Å². The molecule has 85 heavy (non-hydrogen) atoms. The molecular weight excluding hydrogens is 1130 g/mol. The first-order valence-corrected chi connectivity index (χ1v) is 30.4. The zero-order chi connectivity index (χ0) is 61.1. The van der Waals surface area contributed by atoms with Gasteiger partial charge in [-0.15, -0.1) is 0 Å². The van der Waals surface area contributed by atoms with Crippen molar-refractivity contribution in [2.24, 2.45) is 40.4 Å². The normalized spacial score (nSPS) is 57.0. The van der Waals surface area contributed by atoms with Gasteiger partial charge in [0.25, 0.3) is 0 Å². The summed E-state index contributed by atoms with van der Waals surface area (Å²) < 4.78 is 73.6. The molecule has 0 radical (unpaired) electrons. The van der Waals surface area contributed by atoms with Gasteiger partial charge in [0.1, 0.15) is 116 Å². The smallest absolute Gasteiger partial charge is 0.187 e. The van der Waals surface area contributed by atoms with Crippen molar-refractivity contribution in [1.29, 1.82) is 0 Å². The molecule has 7 heterocycles. The maximum absolute atomic E-state index is 12.0. The van der Waals surface area contributed by atoms with Crippen molar-refractivity contribution in [1.82, 2.24) is 0 Å². The molecule has 4 aliphatic carbocycles. The van der Waals surface area contributed by atoms with E-state index in [9.17, 15) is 81.7 Å². The van der Waals surface area contributed by atoms with E-state index >= 15 is 0 Å². The Balaban J connectivity index is 0.775. The lowest BCUT2D eigenvalue weighted by molar-refractivity contribution is -0.390. The molecule has 16 N–H and O–H groups in total. The Bertz CT molecular complexity index is 2310. The molecule has 0 bridgehead atoms. The van der Waals surface area contributed by atoms with Crippen LogP contribution in [-0.4, -0.2) is 292 Å². The first-order valence-electron chi connectivity index (χ1n) is 30.4. The maximum Gasteiger partial charge on any atom is 0.187 e. The highest BCUT2D eigenvalue weighted by Crippen LogP contribution is 2.71. The van der Waals surface area contributed by atoms with E-state index in [4.69, 9.17) is 56.8 Å². The van der Waals surface area contributed by atoms with E-state index in [1.54, 1.807) is 0 Å². The second kappa shape index (κ2) is 24.9. The SMILES string of the molecule is C[C@@H]1O[C@H](OC[C@@H]2O[C@@H](O[C@H]3CC[C@@]4(C)C(=CC[C@H]5[C@H]4CC[C@@]4(C)[C@H]6[C@H](C[C@@H]54)O[C@]4(CC[C@@](C)(CO[C@H]5O[C@H](CO)[C@H](O)[C@@H](O)[C@H]5O)O4)[C@@H]6C)C3)[C@@H](O[C@@H]3O[C@@H](CO)[C@H](O)[C@@H](O[C@@H]4O[C@@H](CO)[C@@H](O)[C@H](O)[C@H]4O)[C@H]3O)[C@H](O)[C@H]2O)[C@H](O)[C@H](O)[C@H]1O. The summed E-state index contributed by atoms with van der Waals surface area (Å²) in [5.41, 5.74) is 0.120. The fourth-order valence-corrected chi connectivity index (χ4v) is 17.0. The molecule has 1 spiro atoms. The molecule has 28 nitrogen and oxygen atoms in total. The third kappa shape index (κ3) is 11.4. The van der Waals surface area contributed by atoms with Gasteiger partial charge in [0.05, 0.1) is 56.9 Å². The van der Waals surface area contributed by atoms with Crippen molar-refractivity contribution >= 4 is 0 Å². The van der Waals surface area contributed by atoms with Crippen molar-refractivity contribution < 1.29 is 139 Å². The molecule has 10 fully saturated rings. The highest BCUT2D eigenvalue weighted by Gasteiger charge is 2.71. The molecule has 11 rings (SSSR count). The van der Waals surface area contributed by atoms with Crippen LogP contribution in [0.25, 0.3) is 0 Å². The van der Waals surface area contributed by atoms with Crippen molar-refractivity contribution in [3.8, 4) is 0 Å². The van der Waals surface area contributed by atoms with Crippen LogP contribution in [0.5, 0.6) is 0 Å². The summed E-state index contributed by atoms with van der Waals surface area (Å²) >= 11 is 0. The van der Waals surface area contributed by atoms with Crippen LogP contribution in [0.3, 0.4) is 0 Å². The standard InChI is InChI=1S/C57H92O28/c1-21-33-28(84-57(21)13-12-54(3,85-57)20-75-50-44(71)40(67)35(62)29(16-58)78-50)15-27-25-7-6-23-14-24(8-10-55(23,4)26(25)9-11-56(27,33)5)77-53-48(42(69)37(64)32(81-53)19-74-49-43(70)39(66)34(61)22(2)76-49)83-52-46(73)47(38(65)31(18-60)80-52)82-51-45(72)41(68)36(63)30(17-59)79-51/h6,21-22,24-53,58-73H,7-20H2,1-5H3/t21-,22+,24+,25+,26-,27+,28+,29-,30+,31+,32+,33-,34+,35+,36-,37+,38+,39-,40-,41+,42-,43-,44-,45-,46-,47-,48+,49+,50+,51+,52+,53-,54+,55+,56-,57+/m1/s1. The molecule has 0 amide bonds.